The summed E-state index contributed by atoms with van der Waals surface area (Å²) < 4.78 is 0. The van der Waals surface area contributed by atoms with Crippen LogP contribution in [0.15, 0.2) is 4.99 Å². The van der Waals surface area contributed by atoms with Crippen LogP contribution in [0, 0.1) is 5.92 Å². The van der Waals surface area contributed by atoms with Gasteiger partial charge in [-0.3, -0.25) is 24.2 Å². The molecule has 0 saturated carbocycles. The molecule has 3 atom stereocenters. The van der Waals surface area contributed by atoms with Gasteiger partial charge in [-0.15, -0.1) is 0 Å². The topological polar surface area (TPSA) is 252 Å². The maximum absolute atomic E-state index is 12.6. The summed E-state index contributed by atoms with van der Waals surface area (Å²) in [6, 6.07) is -3.33. The van der Waals surface area contributed by atoms with Crippen LogP contribution in [0.1, 0.15) is 46.0 Å². The minimum absolute atomic E-state index is 0.00905. The Balaban J connectivity index is 4.88. The Hall–Kier alpha value is -3.42. The summed E-state index contributed by atoms with van der Waals surface area (Å²) in [5.41, 5.74) is 16.0. The molecule has 11 N–H and O–H groups in total. The average molecular weight is 474 g/mol. The highest BCUT2D eigenvalue weighted by Gasteiger charge is 2.27. The lowest BCUT2D eigenvalue weighted by Gasteiger charge is -2.23. The normalized spacial score (nSPS) is 13.3. The second-order valence-electron chi connectivity index (χ2n) is 7.85. The number of guanidine groups is 1. The van der Waals surface area contributed by atoms with E-state index in [1.807, 2.05) is 13.8 Å². The number of nitrogens with two attached hydrogens (primary N) is 3. The predicted octanol–water partition coefficient (Wildman–Crippen LogP) is -2.55. The molecule has 0 saturated heterocycles. The van der Waals surface area contributed by atoms with E-state index in [0.29, 0.717) is 6.42 Å². The molecule has 188 valence electrons. The van der Waals surface area contributed by atoms with Gasteiger partial charge in [0.05, 0.1) is 12.6 Å². The molecule has 14 heteroatoms. The zero-order chi connectivity index (χ0) is 25.6. The van der Waals surface area contributed by atoms with Crippen LogP contribution < -0.4 is 33.2 Å². The van der Waals surface area contributed by atoms with Crippen molar-refractivity contribution in [3.05, 3.63) is 0 Å². The van der Waals surface area contributed by atoms with Crippen LogP contribution in [-0.4, -0.2) is 77.0 Å². The smallest absolute Gasteiger partial charge is 0.326 e. The number of amides is 3. The molecule has 0 aliphatic carbocycles. The van der Waals surface area contributed by atoms with Crippen molar-refractivity contribution in [1.82, 2.24) is 16.0 Å². The summed E-state index contributed by atoms with van der Waals surface area (Å²) >= 11 is 0. The van der Waals surface area contributed by atoms with Gasteiger partial charge in [0.15, 0.2) is 5.96 Å². The lowest BCUT2D eigenvalue weighted by Crippen LogP contribution is -2.54. The Morgan fingerprint density at radius 2 is 1.58 bits per heavy atom. The van der Waals surface area contributed by atoms with E-state index >= 15 is 0 Å². The van der Waals surface area contributed by atoms with Crippen molar-refractivity contribution in [2.75, 3.05) is 13.1 Å². The number of carboxylic acids is 2. The fourth-order valence-electron chi connectivity index (χ4n) is 2.69. The van der Waals surface area contributed by atoms with E-state index in [0.717, 1.165) is 0 Å². The third-order valence-electron chi connectivity index (χ3n) is 4.35. The van der Waals surface area contributed by atoms with Gasteiger partial charge < -0.3 is 43.4 Å². The second-order valence-corrected chi connectivity index (χ2v) is 7.85. The van der Waals surface area contributed by atoms with Gasteiger partial charge in [-0.1, -0.05) is 13.8 Å². The zero-order valence-electron chi connectivity index (χ0n) is 18.9. The van der Waals surface area contributed by atoms with Crippen molar-refractivity contribution >= 4 is 35.6 Å². The molecule has 0 bridgehead atoms. The highest BCUT2D eigenvalue weighted by molar-refractivity contribution is 5.92. The second kappa shape index (κ2) is 15.4. The summed E-state index contributed by atoms with van der Waals surface area (Å²) in [4.78, 5) is 62.5. The summed E-state index contributed by atoms with van der Waals surface area (Å²) in [6.07, 6.45) is 0.216. The van der Waals surface area contributed by atoms with Crippen LogP contribution >= 0.6 is 0 Å². The third kappa shape index (κ3) is 14.3. The van der Waals surface area contributed by atoms with E-state index in [-0.39, 0.29) is 44.1 Å². The number of hydrogen-bond donors (Lipinski definition) is 8. The third-order valence-corrected chi connectivity index (χ3v) is 4.35. The van der Waals surface area contributed by atoms with Crippen molar-refractivity contribution in [2.45, 2.75) is 64.1 Å². The number of nitrogens with zero attached hydrogens (tertiary/aromatic N) is 1. The molecule has 0 radical (unpaired) electrons. The quantitative estimate of drug-likeness (QED) is 0.0661. The van der Waals surface area contributed by atoms with Crippen LogP contribution in [-0.2, 0) is 24.0 Å². The van der Waals surface area contributed by atoms with Gasteiger partial charge in [0, 0.05) is 13.0 Å². The van der Waals surface area contributed by atoms with Crippen molar-refractivity contribution in [3.8, 4) is 0 Å². The lowest BCUT2D eigenvalue weighted by molar-refractivity contribution is -0.142. The molecule has 0 aromatic rings. The summed E-state index contributed by atoms with van der Waals surface area (Å²) in [5, 5.41) is 25.1. The first kappa shape index (κ1) is 29.6. The molecular weight excluding hydrogens is 438 g/mol. The first-order valence-corrected chi connectivity index (χ1v) is 10.5. The van der Waals surface area contributed by atoms with Gasteiger partial charge in [0.25, 0.3) is 0 Å². The number of aliphatic carboxylic acids is 2. The van der Waals surface area contributed by atoms with Crippen LogP contribution in [0.5, 0.6) is 0 Å². The maximum atomic E-state index is 12.6. The standard InChI is InChI=1S/C19H35N7O7/c1-10(2)8-13(17(31)26-12(18(32)33)4-3-7-23-19(21)22)25-14(27)9-24-16(30)11(20)5-6-15(28)29/h10-13H,3-9,20H2,1-2H3,(H,24,30)(H,25,27)(H,26,31)(H,28,29)(H,32,33)(H4,21,22,23). The Morgan fingerprint density at radius 1 is 0.939 bits per heavy atom. The molecule has 0 aromatic carbocycles. The zero-order valence-corrected chi connectivity index (χ0v) is 18.9. The van der Waals surface area contributed by atoms with Crippen LogP contribution in [0.4, 0.5) is 0 Å². The summed E-state index contributed by atoms with van der Waals surface area (Å²) in [6.45, 7) is 3.35. The molecular formula is C19H35N7O7. The molecule has 3 unspecified atom stereocenters. The average Bonchev–Trinajstić information content (AvgIpc) is 2.70. The van der Waals surface area contributed by atoms with Crippen molar-refractivity contribution < 1.29 is 34.2 Å². The largest absolute Gasteiger partial charge is 0.481 e. The summed E-state index contributed by atoms with van der Waals surface area (Å²) in [7, 11) is 0. The van der Waals surface area contributed by atoms with Gasteiger partial charge in [0.2, 0.25) is 17.7 Å². The number of rotatable bonds is 16. The molecule has 0 fully saturated rings. The van der Waals surface area contributed by atoms with Gasteiger partial charge in [-0.05, 0) is 31.6 Å². The molecule has 0 spiro atoms. The van der Waals surface area contributed by atoms with Crippen molar-refractivity contribution in [2.24, 2.45) is 28.1 Å². The fourth-order valence-corrected chi connectivity index (χ4v) is 2.69. The minimum Gasteiger partial charge on any atom is -0.481 e. The molecule has 0 aromatic heterocycles. The number of carbonyl (C=O) groups excluding carboxylic acids is 3. The van der Waals surface area contributed by atoms with Crippen LogP contribution in [0.2, 0.25) is 0 Å². The van der Waals surface area contributed by atoms with Crippen LogP contribution in [0.25, 0.3) is 0 Å². The van der Waals surface area contributed by atoms with E-state index < -0.39 is 54.3 Å². The fraction of sp³-hybridized carbons (Fsp3) is 0.684. The number of hydrogen-bond acceptors (Lipinski definition) is 7. The van der Waals surface area contributed by atoms with Crippen LogP contribution in [0.3, 0.4) is 0 Å². The molecule has 14 nitrogen and oxygen atoms in total. The van der Waals surface area contributed by atoms with E-state index in [9.17, 15) is 29.1 Å². The molecule has 0 heterocycles. The van der Waals surface area contributed by atoms with E-state index in [1.54, 1.807) is 0 Å². The number of nitrogens with one attached hydrogen (secondary N) is 3. The van der Waals surface area contributed by atoms with Gasteiger partial charge in [0.1, 0.15) is 12.1 Å². The highest BCUT2D eigenvalue weighted by Crippen LogP contribution is 2.07. The molecule has 0 aliphatic rings. The molecule has 0 aliphatic heterocycles. The van der Waals surface area contributed by atoms with Crippen molar-refractivity contribution in [3.63, 3.8) is 0 Å². The first-order chi connectivity index (χ1) is 15.3. The Kier molecular flexibility index (Phi) is 13.8. The lowest BCUT2D eigenvalue weighted by atomic mass is 10.0. The predicted molar refractivity (Wildman–Crippen MR) is 119 cm³/mol. The SMILES string of the molecule is CC(C)CC(NC(=O)CNC(=O)C(N)CCC(=O)O)C(=O)NC(CCCN=C(N)N)C(=O)O. The van der Waals surface area contributed by atoms with E-state index in [2.05, 4.69) is 20.9 Å². The summed E-state index contributed by atoms with van der Waals surface area (Å²) in [5.74, 6) is -4.56. The Bertz CT molecular complexity index is 723. The Morgan fingerprint density at radius 3 is 2.09 bits per heavy atom. The molecule has 0 rings (SSSR count). The van der Waals surface area contributed by atoms with Gasteiger partial charge >= 0.3 is 11.9 Å². The van der Waals surface area contributed by atoms with Gasteiger partial charge in [-0.2, -0.15) is 0 Å². The highest BCUT2D eigenvalue weighted by atomic mass is 16.4. The first-order valence-electron chi connectivity index (χ1n) is 10.5. The van der Waals surface area contributed by atoms with Crippen molar-refractivity contribution in [1.29, 1.82) is 0 Å². The molecule has 3 amide bonds. The monoisotopic (exact) mass is 473 g/mol. The maximum Gasteiger partial charge on any atom is 0.326 e. The number of carbonyl (C=O) groups is 5. The van der Waals surface area contributed by atoms with E-state index in [1.165, 1.54) is 0 Å². The minimum atomic E-state index is -1.25. The van der Waals surface area contributed by atoms with E-state index in [4.69, 9.17) is 22.3 Å². The Labute approximate surface area is 191 Å². The number of carboxylic acid groups (broad SMARTS) is 2. The molecule has 33 heavy (non-hydrogen) atoms. The van der Waals surface area contributed by atoms with Gasteiger partial charge in [-0.25, -0.2) is 4.79 Å². The number of aliphatic imine (C=N–C) groups is 1.